The molecule has 138 valence electrons. The number of benzene rings is 1. The van der Waals surface area contributed by atoms with Gasteiger partial charge in [-0.05, 0) is 37.1 Å². The maximum absolute atomic E-state index is 11.2. The van der Waals surface area contributed by atoms with Crippen molar-refractivity contribution in [3.8, 4) is 11.5 Å². The molecular formula is C17H24ClN3O4. The molecule has 8 heteroatoms. The van der Waals surface area contributed by atoms with Gasteiger partial charge in [-0.3, -0.25) is 14.5 Å². The van der Waals surface area contributed by atoms with Gasteiger partial charge in [0.05, 0.1) is 12.1 Å². The van der Waals surface area contributed by atoms with Gasteiger partial charge in [0.25, 0.3) is 5.91 Å². The van der Waals surface area contributed by atoms with Gasteiger partial charge in [-0.15, -0.1) is 0 Å². The van der Waals surface area contributed by atoms with Crippen molar-refractivity contribution in [2.24, 2.45) is 5.73 Å². The summed E-state index contributed by atoms with van der Waals surface area (Å²) in [7, 11) is 1.51. The van der Waals surface area contributed by atoms with E-state index < -0.39 is 5.91 Å². The molecule has 0 aromatic heterocycles. The molecule has 0 bridgehead atoms. The maximum Gasteiger partial charge on any atom is 0.255 e. The van der Waals surface area contributed by atoms with Crippen molar-refractivity contribution >= 4 is 23.4 Å². The molecule has 1 saturated heterocycles. The lowest BCUT2D eigenvalue weighted by atomic mass is 10.0. The minimum atomic E-state index is -0.584. The molecule has 25 heavy (non-hydrogen) atoms. The molecule has 2 rings (SSSR count). The van der Waals surface area contributed by atoms with Gasteiger partial charge in [0, 0.05) is 26.1 Å². The molecular weight excluding hydrogens is 346 g/mol. The number of halogens is 1. The first-order valence-electron chi connectivity index (χ1n) is 8.16. The Labute approximate surface area is 152 Å². The van der Waals surface area contributed by atoms with Crippen LogP contribution in [0, 0.1) is 0 Å². The molecule has 2 amide bonds. The van der Waals surface area contributed by atoms with Crippen molar-refractivity contribution in [1.29, 1.82) is 0 Å². The summed E-state index contributed by atoms with van der Waals surface area (Å²) in [6, 6.07) is 3.80. The molecule has 0 saturated carbocycles. The lowest BCUT2D eigenvalue weighted by molar-refractivity contribution is -0.120. The number of ether oxygens (including phenoxy) is 2. The Bertz CT molecular complexity index is 639. The van der Waals surface area contributed by atoms with Gasteiger partial charge >= 0.3 is 0 Å². The Kier molecular flexibility index (Phi) is 6.90. The number of piperidine rings is 1. The summed E-state index contributed by atoms with van der Waals surface area (Å²) in [4.78, 5) is 24.4. The summed E-state index contributed by atoms with van der Waals surface area (Å²) in [6.07, 6.45) is 2.01. The van der Waals surface area contributed by atoms with Gasteiger partial charge in [0.15, 0.2) is 18.1 Å². The molecule has 1 aromatic carbocycles. The highest BCUT2D eigenvalue weighted by atomic mass is 35.5. The van der Waals surface area contributed by atoms with Gasteiger partial charge in [-0.2, -0.15) is 0 Å². The highest BCUT2D eigenvalue weighted by Gasteiger charge is 2.21. The van der Waals surface area contributed by atoms with Crippen LogP contribution in [-0.4, -0.2) is 49.6 Å². The number of nitrogens with two attached hydrogens (primary N) is 1. The summed E-state index contributed by atoms with van der Waals surface area (Å²) in [6.45, 7) is 3.70. The minimum absolute atomic E-state index is 0.00693. The molecule has 0 radical (unpaired) electrons. The molecule has 3 N–H and O–H groups in total. The highest BCUT2D eigenvalue weighted by Crippen LogP contribution is 2.36. The zero-order valence-electron chi connectivity index (χ0n) is 14.5. The summed E-state index contributed by atoms with van der Waals surface area (Å²) in [5.41, 5.74) is 6.07. The molecule has 0 unspecified atom stereocenters. The van der Waals surface area contributed by atoms with Crippen LogP contribution in [0.25, 0.3) is 0 Å². The second kappa shape index (κ2) is 8.92. The second-order valence-corrected chi connectivity index (χ2v) is 6.55. The van der Waals surface area contributed by atoms with E-state index in [0.717, 1.165) is 31.5 Å². The van der Waals surface area contributed by atoms with Crippen LogP contribution in [-0.2, 0) is 16.1 Å². The van der Waals surface area contributed by atoms with Crippen molar-refractivity contribution in [1.82, 2.24) is 10.2 Å². The van der Waals surface area contributed by atoms with E-state index in [1.165, 1.54) is 14.0 Å². The third-order valence-corrected chi connectivity index (χ3v) is 4.25. The van der Waals surface area contributed by atoms with Crippen LogP contribution >= 0.6 is 11.6 Å². The molecule has 1 aliphatic rings. The number of carbonyl (C=O) groups is 2. The van der Waals surface area contributed by atoms with Crippen molar-refractivity contribution in [2.45, 2.75) is 32.4 Å². The number of methoxy groups -OCH3 is 1. The second-order valence-electron chi connectivity index (χ2n) is 6.14. The zero-order chi connectivity index (χ0) is 18.4. The van der Waals surface area contributed by atoms with Crippen LogP contribution < -0.4 is 20.5 Å². The Morgan fingerprint density at radius 2 is 2.20 bits per heavy atom. The molecule has 0 spiro atoms. The van der Waals surface area contributed by atoms with E-state index in [1.807, 2.05) is 6.07 Å². The number of nitrogens with zero attached hydrogens (tertiary/aromatic N) is 1. The molecule has 1 heterocycles. The first-order valence-corrected chi connectivity index (χ1v) is 8.53. The van der Waals surface area contributed by atoms with Crippen LogP contribution in [0.2, 0.25) is 5.02 Å². The average Bonchev–Trinajstić information content (AvgIpc) is 2.52. The van der Waals surface area contributed by atoms with E-state index in [1.54, 1.807) is 6.07 Å². The van der Waals surface area contributed by atoms with E-state index in [9.17, 15) is 9.59 Å². The molecule has 1 aromatic rings. The predicted molar refractivity (Wildman–Crippen MR) is 94.8 cm³/mol. The van der Waals surface area contributed by atoms with E-state index in [-0.39, 0.29) is 18.6 Å². The van der Waals surface area contributed by atoms with Gasteiger partial charge in [-0.1, -0.05) is 11.6 Å². The minimum Gasteiger partial charge on any atom is -0.493 e. The number of nitrogens with one attached hydrogen (secondary N) is 1. The number of likely N-dealkylation sites (tertiary alicyclic amines) is 1. The van der Waals surface area contributed by atoms with Crippen LogP contribution in [0.15, 0.2) is 12.1 Å². The maximum atomic E-state index is 11.2. The zero-order valence-corrected chi connectivity index (χ0v) is 15.3. The summed E-state index contributed by atoms with van der Waals surface area (Å²) in [5, 5.41) is 3.34. The Morgan fingerprint density at radius 1 is 1.44 bits per heavy atom. The number of primary amides is 1. The van der Waals surface area contributed by atoms with Crippen LogP contribution in [0.5, 0.6) is 11.5 Å². The van der Waals surface area contributed by atoms with Gasteiger partial charge in [0.1, 0.15) is 0 Å². The average molecular weight is 370 g/mol. The van der Waals surface area contributed by atoms with Crippen molar-refractivity contribution < 1.29 is 19.1 Å². The van der Waals surface area contributed by atoms with E-state index in [0.29, 0.717) is 23.1 Å². The molecule has 7 nitrogen and oxygen atoms in total. The lowest BCUT2D eigenvalue weighted by Crippen LogP contribution is -2.46. The fourth-order valence-corrected chi connectivity index (χ4v) is 3.30. The van der Waals surface area contributed by atoms with E-state index in [2.05, 4.69) is 10.2 Å². The third-order valence-electron chi connectivity index (χ3n) is 3.97. The predicted octanol–water partition coefficient (Wildman–Crippen LogP) is 1.31. The first-order chi connectivity index (χ1) is 11.9. The van der Waals surface area contributed by atoms with E-state index in [4.69, 9.17) is 26.8 Å². The number of hydrogen-bond donors (Lipinski definition) is 2. The van der Waals surface area contributed by atoms with Gasteiger partial charge in [0.2, 0.25) is 5.91 Å². The molecule has 1 aliphatic heterocycles. The SMILES string of the molecule is COc1cc(CN2CCC[C@@H](NC(C)=O)C2)cc(Cl)c1OCC(N)=O. The Hall–Kier alpha value is -1.99. The highest BCUT2D eigenvalue weighted by molar-refractivity contribution is 6.32. The molecule has 1 atom stereocenters. The number of carbonyl (C=O) groups excluding carboxylic acids is 2. The first kappa shape index (κ1) is 19.3. The quantitative estimate of drug-likeness (QED) is 0.755. The standard InChI is InChI=1S/C17H24ClN3O4/c1-11(22)20-13-4-3-5-21(9-13)8-12-6-14(18)17(15(7-12)24-2)25-10-16(19)23/h6-7,13H,3-5,8-10H2,1-2H3,(H2,19,23)(H,20,22)/t13-/m1/s1. The summed E-state index contributed by atoms with van der Waals surface area (Å²) < 4.78 is 10.7. The van der Waals surface area contributed by atoms with Gasteiger partial charge < -0.3 is 20.5 Å². The fourth-order valence-electron chi connectivity index (χ4n) is 3.01. The van der Waals surface area contributed by atoms with Crippen LogP contribution in [0.1, 0.15) is 25.3 Å². The van der Waals surface area contributed by atoms with Crippen molar-refractivity contribution in [2.75, 3.05) is 26.8 Å². The Morgan fingerprint density at radius 3 is 2.84 bits per heavy atom. The largest absolute Gasteiger partial charge is 0.493 e. The number of hydrogen-bond acceptors (Lipinski definition) is 5. The summed E-state index contributed by atoms with van der Waals surface area (Å²) >= 11 is 6.28. The fraction of sp³-hybridized carbons (Fsp3) is 0.529. The monoisotopic (exact) mass is 369 g/mol. The number of amides is 2. The third kappa shape index (κ3) is 5.79. The van der Waals surface area contributed by atoms with Crippen LogP contribution in [0.3, 0.4) is 0 Å². The topological polar surface area (TPSA) is 93.9 Å². The smallest absolute Gasteiger partial charge is 0.255 e. The lowest BCUT2D eigenvalue weighted by Gasteiger charge is -2.33. The molecule has 1 fully saturated rings. The molecule has 0 aliphatic carbocycles. The van der Waals surface area contributed by atoms with E-state index >= 15 is 0 Å². The normalized spacial score (nSPS) is 17.8. The Balaban J connectivity index is 2.07. The van der Waals surface area contributed by atoms with Crippen LogP contribution in [0.4, 0.5) is 0 Å². The summed E-state index contributed by atoms with van der Waals surface area (Å²) in [5.74, 6) is 0.174. The van der Waals surface area contributed by atoms with Crippen molar-refractivity contribution in [3.63, 3.8) is 0 Å². The number of rotatable bonds is 7. The van der Waals surface area contributed by atoms with Gasteiger partial charge in [-0.25, -0.2) is 0 Å². The van der Waals surface area contributed by atoms with Crippen molar-refractivity contribution in [3.05, 3.63) is 22.7 Å².